The van der Waals surface area contributed by atoms with E-state index < -0.39 is 11.8 Å². The zero-order chi connectivity index (χ0) is 8.97. The van der Waals surface area contributed by atoms with Gasteiger partial charge in [0.2, 0.25) is 0 Å². The molecule has 1 N–H and O–H groups in total. The highest BCUT2D eigenvalue weighted by atomic mass is 32.1. The highest BCUT2D eigenvalue weighted by molar-refractivity contribution is 7.08. The monoisotopic (exact) mass is 182 g/mol. The first kappa shape index (κ1) is 8.67. The summed E-state index contributed by atoms with van der Waals surface area (Å²) in [6.07, 6.45) is 2.53. The lowest BCUT2D eigenvalue weighted by Crippen LogP contribution is -2.08. The molecule has 0 radical (unpaired) electrons. The van der Waals surface area contributed by atoms with Crippen molar-refractivity contribution in [2.24, 2.45) is 0 Å². The van der Waals surface area contributed by atoms with E-state index in [9.17, 15) is 9.59 Å². The topological polar surface area (TPSA) is 54.4 Å². The standard InChI is InChI=1S/C8H6O3S/c9-7(8(10)11)2-1-6-3-4-12-5-6/h1-5H,(H,10,11). The Morgan fingerprint density at radius 1 is 1.50 bits per heavy atom. The number of carbonyl (C=O) groups is 2. The summed E-state index contributed by atoms with van der Waals surface area (Å²) in [4.78, 5) is 20.6. The minimum absolute atomic E-state index is 0.842. The molecule has 0 fully saturated rings. The van der Waals surface area contributed by atoms with Crippen molar-refractivity contribution in [3.8, 4) is 0 Å². The molecule has 0 aliphatic heterocycles. The molecule has 0 aromatic carbocycles. The summed E-state index contributed by atoms with van der Waals surface area (Å²) in [6, 6.07) is 1.80. The van der Waals surface area contributed by atoms with Crippen LogP contribution in [0, 0.1) is 0 Å². The summed E-state index contributed by atoms with van der Waals surface area (Å²) < 4.78 is 0. The van der Waals surface area contributed by atoms with Crippen molar-refractivity contribution in [1.29, 1.82) is 0 Å². The van der Waals surface area contributed by atoms with Crippen molar-refractivity contribution in [3.05, 3.63) is 28.5 Å². The van der Waals surface area contributed by atoms with Crippen molar-refractivity contribution in [2.75, 3.05) is 0 Å². The summed E-state index contributed by atoms with van der Waals surface area (Å²) in [5.74, 6) is -2.33. The normalized spacial score (nSPS) is 10.3. The molecule has 1 aromatic heterocycles. The van der Waals surface area contributed by atoms with Gasteiger partial charge in [-0.05, 0) is 34.5 Å². The van der Waals surface area contributed by atoms with Crippen LogP contribution in [0.15, 0.2) is 22.9 Å². The van der Waals surface area contributed by atoms with Crippen LogP contribution in [-0.4, -0.2) is 16.9 Å². The third kappa shape index (κ3) is 2.32. The molecule has 4 heteroatoms. The molecule has 0 unspecified atom stereocenters. The largest absolute Gasteiger partial charge is 0.475 e. The maximum Gasteiger partial charge on any atom is 0.376 e. The van der Waals surface area contributed by atoms with Crippen molar-refractivity contribution < 1.29 is 14.7 Å². The lowest BCUT2D eigenvalue weighted by molar-refractivity contribution is -0.146. The predicted octanol–water partition coefficient (Wildman–Crippen LogP) is 1.42. The van der Waals surface area contributed by atoms with Crippen LogP contribution in [0.1, 0.15) is 5.56 Å². The predicted molar refractivity (Wildman–Crippen MR) is 46.0 cm³/mol. The summed E-state index contributed by atoms with van der Waals surface area (Å²) in [5.41, 5.74) is 0.842. The van der Waals surface area contributed by atoms with Crippen LogP contribution in [0.3, 0.4) is 0 Å². The Morgan fingerprint density at radius 2 is 2.25 bits per heavy atom. The number of ketones is 1. The van der Waals surface area contributed by atoms with Gasteiger partial charge >= 0.3 is 5.97 Å². The van der Waals surface area contributed by atoms with Crippen LogP contribution in [0.2, 0.25) is 0 Å². The molecular weight excluding hydrogens is 176 g/mol. The molecule has 0 amide bonds. The fourth-order valence-corrected chi connectivity index (χ4v) is 1.24. The van der Waals surface area contributed by atoms with Gasteiger partial charge in [-0.3, -0.25) is 4.79 Å². The molecule has 0 aliphatic carbocycles. The highest BCUT2D eigenvalue weighted by Gasteiger charge is 2.04. The van der Waals surface area contributed by atoms with Gasteiger partial charge in [0, 0.05) is 0 Å². The molecule has 0 atom stereocenters. The van der Waals surface area contributed by atoms with Crippen LogP contribution >= 0.6 is 11.3 Å². The Hall–Kier alpha value is -1.42. The van der Waals surface area contributed by atoms with Gasteiger partial charge in [0.1, 0.15) is 0 Å². The maximum absolute atomic E-state index is 10.6. The first-order valence-electron chi connectivity index (χ1n) is 3.17. The van der Waals surface area contributed by atoms with Gasteiger partial charge in [-0.25, -0.2) is 4.79 Å². The van der Waals surface area contributed by atoms with Crippen molar-refractivity contribution in [1.82, 2.24) is 0 Å². The zero-order valence-electron chi connectivity index (χ0n) is 6.06. The Bertz CT molecular complexity index is 311. The molecule has 0 spiro atoms. The SMILES string of the molecule is O=C(O)C(=O)C=Cc1ccsc1. The summed E-state index contributed by atoms with van der Waals surface area (Å²) >= 11 is 1.49. The van der Waals surface area contributed by atoms with E-state index in [2.05, 4.69) is 0 Å². The van der Waals surface area contributed by atoms with E-state index in [0.717, 1.165) is 11.6 Å². The van der Waals surface area contributed by atoms with E-state index in [1.807, 2.05) is 10.8 Å². The van der Waals surface area contributed by atoms with Gasteiger partial charge in [0.25, 0.3) is 5.78 Å². The number of hydrogen-bond donors (Lipinski definition) is 1. The van der Waals surface area contributed by atoms with Crippen LogP contribution < -0.4 is 0 Å². The van der Waals surface area contributed by atoms with E-state index in [1.54, 1.807) is 6.07 Å². The third-order valence-electron chi connectivity index (χ3n) is 1.18. The zero-order valence-corrected chi connectivity index (χ0v) is 6.88. The third-order valence-corrected chi connectivity index (χ3v) is 1.88. The second-order valence-electron chi connectivity index (χ2n) is 2.06. The van der Waals surface area contributed by atoms with Crippen molar-refractivity contribution in [2.45, 2.75) is 0 Å². The quantitative estimate of drug-likeness (QED) is 0.568. The van der Waals surface area contributed by atoms with Gasteiger partial charge in [0.15, 0.2) is 0 Å². The lowest BCUT2D eigenvalue weighted by atomic mass is 10.3. The van der Waals surface area contributed by atoms with E-state index >= 15 is 0 Å². The minimum atomic E-state index is -1.43. The number of carbonyl (C=O) groups excluding carboxylic acids is 1. The average molecular weight is 182 g/mol. The molecule has 62 valence electrons. The minimum Gasteiger partial charge on any atom is -0.475 e. The van der Waals surface area contributed by atoms with E-state index in [-0.39, 0.29) is 0 Å². The Balaban J connectivity index is 2.63. The smallest absolute Gasteiger partial charge is 0.376 e. The Labute approximate surface area is 73.0 Å². The first-order valence-corrected chi connectivity index (χ1v) is 4.12. The fourth-order valence-electron chi connectivity index (χ4n) is 0.613. The second kappa shape index (κ2) is 3.82. The molecule has 1 aromatic rings. The van der Waals surface area contributed by atoms with Gasteiger partial charge < -0.3 is 5.11 Å². The van der Waals surface area contributed by atoms with Crippen molar-refractivity contribution in [3.63, 3.8) is 0 Å². The Morgan fingerprint density at radius 3 is 2.75 bits per heavy atom. The molecule has 3 nitrogen and oxygen atoms in total. The number of thiophene rings is 1. The molecule has 12 heavy (non-hydrogen) atoms. The van der Waals surface area contributed by atoms with E-state index in [0.29, 0.717) is 0 Å². The molecule has 1 rings (SSSR count). The van der Waals surface area contributed by atoms with Gasteiger partial charge in [-0.2, -0.15) is 11.3 Å². The number of carboxylic acids is 1. The van der Waals surface area contributed by atoms with Crippen LogP contribution in [0.5, 0.6) is 0 Å². The summed E-state index contributed by atoms with van der Waals surface area (Å²) in [5, 5.41) is 11.9. The molecule has 0 saturated heterocycles. The number of carboxylic acid groups (broad SMARTS) is 1. The lowest BCUT2D eigenvalue weighted by Gasteiger charge is -1.82. The van der Waals surface area contributed by atoms with E-state index in [4.69, 9.17) is 5.11 Å². The van der Waals surface area contributed by atoms with Gasteiger partial charge in [-0.1, -0.05) is 0 Å². The summed E-state index contributed by atoms with van der Waals surface area (Å²) in [6.45, 7) is 0. The first-order chi connectivity index (χ1) is 5.70. The number of rotatable bonds is 3. The maximum atomic E-state index is 10.6. The Kier molecular flexibility index (Phi) is 2.76. The molecule has 0 aliphatic rings. The van der Waals surface area contributed by atoms with Crippen LogP contribution in [-0.2, 0) is 9.59 Å². The summed E-state index contributed by atoms with van der Waals surface area (Å²) in [7, 11) is 0. The highest BCUT2D eigenvalue weighted by Crippen LogP contribution is 2.07. The van der Waals surface area contributed by atoms with Crippen molar-refractivity contribution >= 4 is 29.2 Å². The van der Waals surface area contributed by atoms with Gasteiger partial charge in [-0.15, -0.1) is 0 Å². The number of aliphatic carboxylic acids is 1. The fraction of sp³-hybridized carbons (Fsp3) is 0. The van der Waals surface area contributed by atoms with Gasteiger partial charge in [0.05, 0.1) is 0 Å². The molecule has 1 heterocycles. The number of hydrogen-bond acceptors (Lipinski definition) is 3. The van der Waals surface area contributed by atoms with Crippen LogP contribution in [0.25, 0.3) is 6.08 Å². The average Bonchev–Trinajstić information content (AvgIpc) is 2.51. The van der Waals surface area contributed by atoms with Crippen LogP contribution in [0.4, 0.5) is 0 Å². The molecular formula is C8H6O3S. The molecule has 0 saturated carbocycles. The van der Waals surface area contributed by atoms with E-state index in [1.165, 1.54) is 17.4 Å². The molecule has 0 bridgehead atoms. The second-order valence-corrected chi connectivity index (χ2v) is 2.84.